The lowest BCUT2D eigenvalue weighted by Gasteiger charge is -2.31. The fourth-order valence-electron chi connectivity index (χ4n) is 2.63. The fourth-order valence-corrected chi connectivity index (χ4v) is 2.95. The summed E-state index contributed by atoms with van der Waals surface area (Å²) in [4.78, 5) is 6.83. The Labute approximate surface area is 118 Å². The first-order valence-electron chi connectivity index (χ1n) is 6.59. The van der Waals surface area contributed by atoms with E-state index >= 15 is 0 Å². The van der Waals surface area contributed by atoms with Crippen LogP contribution in [0.3, 0.4) is 0 Å². The van der Waals surface area contributed by atoms with Crippen LogP contribution in [0.1, 0.15) is 12.8 Å². The Hall–Kier alpha value is -1.48. The van der Waals surface area contributed by atoms with E-state index in [1.54, 1.807) is 7.11 Å². The van der Waals surface area contributed by atoms with Crippen molar-refractivity contribution in [2.45, 2.75) is 18.2 Å². The van der Waals surface area contributed by atoms with Crippen molar-refractivity contribution in [2.24, 2.45) is 0 Å². The highest BCUT2D eigenvalue weighted by Gasteiger charge is 2.20. The Balaban J connectivity index is 2.06. The summed E-state index contributed by atoms with van der Waals surface area (Å²) in [6, 6.07) is 8.13. The summed E-state index contributed by atoms with van der Waals surface area (Å²) < 4.78 is 5.31. The van der Waals surface area contributed by atoms with E-state index in [0.29, 0.717) is 0 Å². The van der Waals surface area contributed by atoms with Crippen LogP contribution in [-0.4, -0.2) is 30.6 Å². The molecule has 0 spiro atoms. The zero-order valence-corrected chi connectivity index (χ0v) is 11.7. The number of hydrogen-bond acceptors (Lipinski definition) is 3. The van der Waals surface area contributed by atoms with E-state index in [4.69, 9.17) is 16.3 Å². The fraction of sp³-hybridized carbons (Fsp3) is 0.400. The average Bonchev–Trinajstić information content (AvgIpc) is 2.46. The molecule has 1 fully saturated rings. The van der Waals surface area contributed by atoms with Crippen LogP contribution in [0.4, 0.5) is 5.82 Å². The van der Waals surface area contributed by atoms with Crippen molar-refractivity contribution in [2.75, 3.05) is 25.1 Å². The number of piperidine rings is 1. The van der Waals surface area contributed by atoms with Crippen LogP contribution in [0.5, 0.6) is 5.75 Å². The molecule has 0 aliphatic carbocycles. The number of pyridine rings is 1. The van der Waals surface area contributed by atoms with Gasteiger partial charge in [-0.25, -0.2) is 4.98 Å². The minimum absolute atomic E-state index is 0.219. The highest BCUT2D eigenvalue weighted by atomic mass is 35.5. The number of aromatic nitrogens is 1. The van der Waals surface area contributed by atoms with Crippen molar-refractivity contribution in [1.29, 1.82) is 0 Å². The van der Waals surface area contributed by atoms with Crippen molar-refractivity contribution in [3.8, 4) is 5.75 Å². The standard InChI is InChI=1S/C15H17ClN2O/c1-19-13-5-4-11-6-7-17-15(14(11)9-13)18-8-2-3-12(16)10-18/h4-7,9,12H,2-3,8,10H2,1H3. The van der Waals surface area contributed by atoms with Gasteiger partial charge < -0.3 is 9.64 Å². The topological polar surface area (TPSA) is 25.4 Å². The molecule has 0 amide bonds. The van der Waals surface area contributed by atoms with Crippen molar-refractivity contribution in [1.82, 2.24) is 4.98 Å². The third-order valence-corrected chi connectivity index (χ3v) is 3.97. The number of alkyl halides is 1. The lowest BCUT2D eigenvalue weighted by atomic mass is 10.1. The highest BCUT2D eigenvalue weighted by molar-refractivity contribution is 6.21. The van der Waals surface area contributed by atoms with E-state index in [9.17, 15) is 0 Å². The Morgan fingerprint density at radius 3 is 3.05 bits per heavy atom. The van der Waals surface area contributed by atoms with Gasteiger partial charge in [0.25, 0.3) is 0 Å². The van der Waals surface area contributed by atoms with Crippen molar-refractivity contribution in [3.63, 3.8) is 0 Å². The van der Waals surface area contributed by atoms with Gasteiger partial charge in [-0.3, -0.25) is 0 Å². The number of rotatable bonds is 2. The molecule has 3 rings (SSSR count). The Kier molecular flexibility index (Phi) is 3.47. The van der Waals surface area contributed by atoms with Crippen molar-refractivity contribution in [3.05, 3.63) is 30.5 Å². The van der Waals surface area contributed by atoms with Crippen molar-refractivity contribution < 1.29 is 4.74 Å². The van der Waals surface area contributed by atoms with Crippen LogP contribution in [-0.2, 0) is 0 Å². The molecule has 1 aromatic heterocycles. The summed E-state index contributed by atoms with van der Waals surface area (Å²) in [6.07, 6.45) is 4.07. The van der Waals surface area contributed by atoms with Gasteiger partial charge in [0.1, 0.15) is 11.6 Å². The normalized spacial score (nSPS) is 19.7. The molecule has 2 aromatic rings. The van der Waals surface area contributed by atoms with Crippen LogP contribution in [0.25, 0.3) is 10.8 Å². The van der Waals surface area contributed by atoms with Gasteiger partial charge in [0, 0.05) is 24.7 Å². The SMILES string of the molecule is COc1ccc2ccnc(N3CCCC(Cl)C3)c2c1. The van der Waals surface area contributed by atoms with E-state index < -0.39 is 0 Å². The molecule has 2 heterocycles. The molecule has 19 heavy (non-hydrogen) atoms. The molecule has 100 valence electrons. The lowest BCUT2D eigenvalue weighted by Crippen LogP contribution is -2.36. The summed E-state index contributed by atoms with van der Waals surface area (Å²) in [5.41, 5.74) is 0. The first-order chi connectivity index (χ1) is 9.28. The third kappa shape index (κ3) is 2.47. The molecule has 1 saturated heterocycles. The molecule has 0 radical (unpaired) electrons. The molecule has 1 aliphatic rings. The number of hydrogen-bond donors (Lipinski definition) is 0. The quantitative estimate of drug-likeness (QED) is 0.786. The zero-order chi connectivity index (χ0) is 13.2. The third-order valence-electron chi connectivity index (χ3n) is 3.62. The largest absolute Gasteiger partial charge is 0.497 e. The second kappa shape index (κ2) is 5.25. The predicted molar refractivity (Wildman–Crippen MR) is 79.4 cm³/mol. The average molecular weight is 277 g/mol. The monoisotopic (exact) mass is 276 g/mol. The number of benzene rings is 1. The molecular weight excluding hydrogens is 260 g/mol. The Morgan fingerprint density at radius 1 is 1.37 bits per heavy atom. The van der Waals surface area contributed by atoms with Crippen LogP contribution in [0, 0.1) is 0 Å². The molecule has 1 atom stereocenters. The molecule has 0 N–H and O–H groups in total. The van der Waals surface area contributed by atoms with Gasteiger partial charge in [0.15, 0.2) is 0 Å². The van der Waals surface area contributed by atoms with E-state index in [1.165, 1.54) is 5.39 Å². The van der Waals surface area contributed by atoms with Crippen LogP contribution in [0.15, 0.2) is 30.5 Å². The van der Waals surface area contributed by atoms with Gasteiger partial charge >= 0.3 is 0 Å². The van der Waals surface area contributed by atoms with Gasteiger partial charge in [-0.15, -0.1) is 11.6 Å². The maximum absolute atomic E-state index is 6.28. The lowest BCUT2D eigenvalue weighted by molar-refractivity contribution is 0.415. The maximum atomic E-state index is 6.28. The van der Waals surface area contributed by atoms with Gasteiger partial charge in [-0.2, -0.15) is 0 Å². The van der Waals surface area contributed by atoms with E-state index in [2.05, 4.69) is 22.0 Å². The van der Waals surface area contributed by atoms with Crippen LogP contribution < -0.4 is 9.64 Å². The van der Waals surface area contributed by atoms with E-state index in [-0.39, 0.29) is 5.38 Å². The van der Waals surface area contributed by atoms with Gasteiger partial charge in [-0.1, -0.05) is 6.07 Å². The molecule has 1 unspecified atom stereocenters. The number of methoxy groups -OCH3 is 1. The van der Waals surface area contributed by atoms with E-state index in [1.807, 2.05) is 18.3 Å². The summed E-state index contributed by atoms with van der Waals surface area (Å²) in [6.45, 7) is 1.89. The molecule has 0 saturated carbocycles. The van der Waals surface area contributed by atoms with Gasteiger partial charge in [0.2, 0.25) is 0 Å². The van der Waals surface area contributed by atoms with Crippen LogP contribution >= 0.6 is 11.6 Å². The summed E-state index contributed by atoms with van der Waals surface area (Å²) in [5.74, 6) is 1.88. The minimum Gasteiger partial charge on any atom is -0.497 e. The second-order valence-electron chi connectivity index (χ2n) is 4.91. The van der Waals surface area contributed by atoms with Crippen LogP contribution in [0.2, 0.25) is 0 Å². The number of nitrogens with zero attached hydrogens (tertiary/aromatic N) is 2. The summed E-state index contributed by atoms with van der Waals surface area (Å²) in [5, 5.41) is 2.53. The Morgan fingerprint density at radius 2 is 2.26 bits per heavy atom. The summed E-state index contributed by atoms with van der Waals surface area (Å²) in [7, 11) is 1.69. The van der Waals surface area contributed by atoms with Crippen molar-refractivity contribution >= 4 is 28.2 Å². The molecule has 4 heteroatoms. The first kappa shape index (κ1) is 12.5. The Bertz CT molecular complexity index is 587. The zero-order valence-electron chi connectivity index (χ0n) is 11.0. The van der Waals surface area contributed by atoms with Gasteiger partial charge in [-0.05, 0) is 36.4 Å². The number of halogens is 1. The first-order valence-corrected chi connectivity index (χ1v) is 7.03. The molecule has 0 bridgehead atoms. The molecule has 1 aromatic carbocycles. The van der Waals surface area contributed by atoms with Gasteiger partial charge in [0.05, 0.1) is 12.5 Å². The second-order valence-corrected chi connectivity index (χ2v) is 5.52. The number of ether oxygens (including phenoxy) is 1. The predicted octanol–water partition coefficient (Wildman–Crippen LogP) is 3.45. The highest BCUT2D eigenvalue weighted by Crippen LogP contribution is 2.30. The smallest absolute Gasteiger partial charge is 0.136 e. The molecule has 1 aliphatic heterocycles. The minimum atomic E-state index is 0.219. The molecular formula is C15H17ClN2O. The number of anilines is 1. The maximum Gasteiger partial charge on any atom is 0.136 e. The molecule has 3 nitrogen and oxygen atoms in total. The van der Waals surface area contributed by atoms with E-state index in [0.717, 1.165) is 42.9 Å². The number of fused-ring (bicyclic) bond motifs is 1. The summed E-state index contributed by atoms with van der Waals surface area (Å²) >= 11 is 6.28.